The number of nitrogens with one attached hydrogen (secondary N) is 1. The number of guanidine groups is 1. The van der Waals surface area contributed by atoms with Gasteiger partial charge < -0.3 is 16.8 Å². The van der Waals surface area contributed by atoms with E-state index >= 15 is 0 Å². The summed E-state index contributed by atoms with van der Waals surface area (Å²) in [5.41, 5.74) is 10.2. The van der Waals surface area contributed by atoms with Gasteiger partial charge in [-0.05, 0) is 6.07 Å². The van der Waals surface area contributed by atoms with Crippen molar-refractivity contribution < 1.29 is 14.1 Å². The number of thiazole rings is 1. The summed E-state index contributed by atoms with van der Waals surface area (Å²) < 4.78 is 13.6. The van der Waals surface area contributed by atoms with E-state index in [2.05, 4.69) is 15.3 Å². The first kappa shape index (κ1) is 19.3. The Bertz CT molecular complexity index is 793. The van der Waals surface area contributed by atoms with Crippen molar-refractivity contribution in [2.24, 2.45) is 16.5 Å². The zero-order chi connectivity index (χ0) is 17.0. The predicted octanol–water partition coefficient (Wildman–Crippen LogP) is 1.70. The van der Waals surface area contributed by atoms with Gasteiger partial charge in [0.05, 0.1) is 22.7 Å². The number of halogens is 2. The van der Waals surface area contributed by atoms with E-state index in [1.54, 1.807) is 5.38 Å². The van der Waals surface area contributed by atoms with Gasteiger partial charge in [0.25, 0.3) is 5.69 Å². The van der Waals surface area contributed by atoms with Gasteiger partial charge in [0.1, 0.15) is 5.82 Å². The fraction of sp³-hybridized carbons (Fsp3) is 0.0833. The summed E-state index contributed by atoms with van der Waals surface area (Å²) in [7, 11) is 0. The fourth-order valence-electron chi connectivity index (χ4n) is 1.62. The molecule has 12 heteroatoms. The number of aromatic nitrogens is 1. The molecule has 0 unspecified atom stereocenters. The standard InChI is InChI=1S/C12H11FN6O3S.ClH/c13-8-2-1-7(19(21)22)4-9(8)17-10(20)3-6-5-23-12(16-6)18-11(14)15;/h1-2,4-5H,3H2,(H,17,20)(H4,14,15,16,18);1H. The van der Waals surface area contributed by atoms with Gasteiger partial charge >= 0.3 is 0 Å². The van der Waals surface area contributed by atoms with Crippen LogP contribution >= 0.6 is 23.7 Å². The lowest BCUT2D eigenvalue weighted by molar-refractivity contribution is -0.384. The number of carbonyl (C=O) groups excluding carboxylic acids is 1. The minimum atomic E-state index is -0.775. The Morgan fingerprint density at radius 1 is 1.46 bits per heavy atom. The summed E-state index contributed by atoms with van der Waals surface area (Å²) in [4.78, 5) is 29.6. The zero-order valence-electron chi connectivity index (χ0n) is 11.9. The first-order chi connectivity index (χ1) is 10.8. The van der Waals surface area contributed by atoms with Crippen LogP contribution in [0.3, 0.4) is 0 Å². The van der Waals surface area contributed by atoms with Gasteiger partial charge in [-0.2, -0.15) is 4.99 Å². The molecule has 1 aromatic carbocycles. The molecule has 2 rings (SSSR count). The summed E-state index contributed by atoms with van der Waals surface area (Å²) in [6.07, 6.45) is -0.154. The lowest BCUT2D eigenvalue weighted by atomic mass is 10.2. The van der Waals surface area contributed by atoms with E-state index in [4.69, 9.17) is 11.5 Å². The van der Waals surface area contributed by atoms with Gasteiger partial charge in [0, 0.05) is 17.5 Å². The summed E-state index contributed by atoms with van der Waals surface area (Å²) in [6.45, 7) is 0. The number of nitro benzene ring substituents is 1. The molecule has 128 valence electrons. The Hall–Kier alpha value is -2.79. The molecular formula is C12H12ClFN6O3S. The van der Waals surface area contributed by atoms with Crippen molar-refractivity contribution in [1.82, 2.24) is 4.98 Å². The first-order valence-electron chi connectivity index (χ1n) is 6.13. The monoisotopic (exact) mass is 374 g/mol. The van der Waals surface area contributed by atoms with Crippen LogP contribution in [0.1, 0.15) is 5.69 Å². The molecule has 0 atom stereocenters. The van der Waals surface area contributed by atoms with Crippen LogP contribution in [0.5, 0.6) is 0 Å². The molecule has 0 saturated carbocycles. The van der Waals surface area contributed by atoms with Gasteiger partial charge in [0.15, 0.2) is 5.96 Å². The van der Waals surface area contributed by atoms with Crippen LogP contribution in [0.15, 0.2) is 28.6 Å². The SMILES string of the molecule is Cl.NC(N)=Nc1nc(CC(=O)Nc2cc([N+](=O)[O-])ccc2F)cs1. The third-order valence-electron chi connectivity index (χ3n) is 2.54. The fourth-order valence-corrected chi connectivity index (χ4v) is 2.33. The second-order valence-electron chi connectivity index (χ2n) is 4.30. The Balaban J connectivity index is 0.00000288. The number of nitrogens with zero attached hydrogens (tertiary/aromatic N) is 3. The van der Waals surface area contributed by atoms with Crippen molar-refractivity contribution in [3.05, 3.63) is 45.2 Å². The Morgan fingerprint density at radius 3 is 2.79 bits per heavy atom. The van der Waals surface area contributed by atoms with Crippen LogP contribution in [0, 0.1) is 15.9 Å². The van der Waals surface area contributed by atoms with Crippen molar-refractivity contribution in [2.45, 2.75) is 6.42 Å². The smallest absolute Gasteiger partial charge is 0.271 e. The molecule has 0 aliphatic heterocycles. The maximum Gasteiger partial charge on any atom is 0.271 e. The molecule has 0 fully saturated rings. The number of benzene rings is 1. The molecule has 2 aromatic rings. The molecule has 0 spiro atoms. The number of rotatable bonds is 5. The number of nitrogens with two attached hydrogens (primary N) is 2. The van der Waals surface area contributed by atoms with Gasteiger partial charge in [-0.3, -0.25) is 14.9 Å². The summed E-state index contributed by atoms with van der Waals surface area (Å²) in [5, 5.41) is 14.8. The lowest BCUT2D eigenvalue weighted by Gasteiger charge is -2.05. The molecule has 0 bridgehead atoms. The van der Waals surface area contributed by atoms with E-state index in [-0.39, 0.29) is 41.3 Å². The highest BCUT2D eigenvalue weighted by molar-refractivity contribution is 7.13. The van der Waals surface area contributed by atoms with E-state index in [0.29, 0.717) is 5.69 Å². The Kier molecular flexibility index (Phi) is 6.56. The number of amides is 1. The van der Waals surface area contributed by atoms with Gasteiger partial charge in [0.2, 0.25) is 11.0 Å². The van der Waals surface area contributed by atoms with Crippen molar-refractivity contribution >= 4 is 52.1 Å². The van der Waals surface area contributed by atoms with E-state index in [9.17, 15) is 19.3 Å². The van der Waals surface area contributed by atoms with Crippen LogP contribution in [0.4, 0.5) is 20.9 Å². The average Bonchev–Trinajstić information content (AvgIpc) is 2.87. The second-order valence-corrected chi connectivity index (χ2v) is 5.14. The van der Waals surface area contributed by atoms with E-state index in [1.165, 1.54) is 0 Å². The largest absolute Gasteiger partial charge is 0.370 e. The molecule has 1 heterocycles. The first-order valence-corrected chi connectivity index (χ1v) is 7.01. The number of hydrogen-bond donors (Lipinski definition) is 3. The number of hydrogen-bond acceptors (Lipinski definition) is 6. The molecule has 0 saturated heterocycles. The number of aliphatic imine (C=N–C) groups is 1. The third kappa shape index (κ3) is 5.14. The summed E-state index contributed by atoms with van der Waals surface area (Å²) in [6, 6.07) is 2.86. The van der Waals surface area contributed by atoms with E-state index in [1.807, 2.05) is 0 Å². The quantitative estimate of drug-likeness (QED) is 0.313. The number of anilines is 1. The molecular weight excluding hydrogens is 363 g/mol. The van der Waals surface area contributed by atoms with Crippen LogP contribution < -0.4 is 16.8 Å². The van der Waals surface area contributed by atoms with Crippen LogP contribution in [0.25, 0.3) is 0 Å². The highest BCUT2D eigenvalue weighted by Gasteiger charge is 2.14. The molecule has 0 aliphatic carbocycles. The summed E-state index contributed by atoms with van der Waals surface area (Å²) >= 11 is 1.13. The molecule has 1 aromatic heterocycles. The van der Waals surface area contributed by atoms with Crippen LogP contribution in [0.2, 0.25) is 0 Å². The number of nitro groups is 1. The molecule has 9 nitrogen and oxygen atoms in total. The van der Waals surface area contributed by atoms with Crippen molar-refractivity contribution in [1.29, 1.82) is 0 Å². The van der Waals surface area contributed by atoms with Gasteiger partial charge in [-0.15, -0.1) is 23.7 Å². The highest BCUT2D eigenvalue weighted by atomic mass is 35.5. The molecule has 24 heavy (non-hydrogen) atoms. The third-order valence-corrected chi connectivity index (χ3v) is 3.32. The molecule has 0 aliphatic rings. The maximum absolute atomic E-state index is 13.6. The van der Waals surface area contributed by atoms with Crippen molar-refractivity contribution in [2.75, 3.05) is 5.32 Å². The molecule has 0 radical (unpaired) electrons. The lowest BCUT2D eigenvalue weighted by Crippen LogP contribution is -2.21. The second kappa shape index (κ2) is 8.17. The van der Waals surface area contributed by atoms with Gasteiger partial charge in [-0.25, -0.2) is 9.37 Å². The Morgan fingerprint density at radius 2 is 2.17 bits per heavy atom. The van der Waals surface area contributed by atoms with Crippen LogP contribution in [-0.2, 0) is 11.2 Å². The maximum atomic E-state index is 13.6. The normalized spacial score (nSPS) is 9.71. The highest BCUT2D eigenvalue weighted by Crippen LogP contribution is 2.22. The average molecular weight is 375 g/mol. The number of non-ortho nitro benzene ring substituents is 1. The van der Waals surface area contributed by atoms with E-state index in [0.717, 1.165) is 29.5 Å². The number of carbonyl (C=O) groups is 1. The van der Waals surface area contributed by atoms with Crippen LogP contribution in [-0.4, -0.2) is 21.8 Å². The minimum Gasteiger partial charge on any atom is -0.370 e. The Labute approximate surface area is 145 Å². The predicted molar refractivity (Wildman–Crippen MR) is 90.2 cm³/mol. The van der Waals surface area contributed by atoms with Gasteiger partial charge in [-0.1, -0.05) is 0 Å². The molecule has 1 amide bonds. The summed E-state index contributed by atoms with van der Waals surface area (Å²) in [5.74, 6) is -1.51. The van der Waals surface area contributed by atoms with Crippen molar-refractivity contribution in [3.63, 3.8) is 0 Å². The zero-order valence-corrected chi connectivity index (χ0v) is 13.6. The van der Waals surface area contributed by atoms with Crippen molar-refractivity contribution in [3.8, 4) is 0 Å². The minimum absolute atomic E-state index is 0. The topological polar surface area (TPSA) is 150 Å². The van der Waals surface area contributed by atoms with E-state index < -0.39 is 16.6 Å². The molecule has 5 N–H and O–H groups in total.